The fourth-order valence-electron chi connectivity index (χ4n) is 2.90. The van der Waals surface area contributed by atoms with Crippen molar-refractivity contribution in [2.24, 2.45) is 0 Å². The van der Waals surface area contributed by atoms with Gasteiger partial charge in [0.05, 0.1) is 13.5 Å². The summed E-state index contributed by atoms with van der Waals surface area (Å²) >= 11 is 0. The number of hydrogen-bond acceptors (Lipinski definition) is 4. The van der Waals surface area contributed by atoms with Crippen LogP contribution in [0.3, 0.4) is 0 Å². The molecule has 0 radical (unpaired) electrons. The number of benzene rings is 2. The molecule has 0 unspecified atom stereocenters. The van der Waals surface area contributed by atoms with E-state index in [2.05, 4.69) is 4.98 Å². The largest absolute Gasteiger partial charge is 0.497 e. The number of carbonyl (C=O) groups excluding carboxylic acids is 1. The molecular weight excluding hydrogens is 318 g/mol. The molecular formula is C20H17NO4. The minimum absolute atomic E-state index is 0.124. The van der Waals surface area contributed by atoms with Crippen LogP contribution < -0.4 is 4.74 Å². The summed E-state index contributed by atoms with van der Waals surface area (Å²) in [6.07, 6.45) is 2.01. The molecule has 5 nitrogen and oxygen atoms in total. The van der Waals surface area contributed by atoms with E-state index in [1.54, 1.807) is 7.11 Å². The summed E-state index contributed by atoms with van der Waals surface area (Å²) in [7, 11) is 1.62. The number of aromatic amines is 1. The Morgan fingerprint density at radius 3 is 2.88 bits per heavy atom. The highest BCUT2D eigenvalue weighted by atomic mass is 16.5. The van der Waals surface area contributed by atoms with Crippen molar-refractivity contribution in [3.05, 3.63) is 66.1 Å². The van der Waals surface area contributed by atoms with Gasteiger partial charge < -0.3 is 18.9 Å². The second-order valence-electron chi connectivity index (χ2n) is 5.81. The first-order valence-electron chi connectivity index (χ1n) is 8.00. The molecule has 0 spiro atoms. The van der Waals surface area contributed by atoms with Crippen LogP contribution in [-0.4, -0.2) is 18.1 Å². The van der Waals surface area contributed by atoms with Crippen molar-refractivity contribution in [1.82, 2.24) is 4.98 Å². The van der Waals surface area contributed by atoms with Gasteiger partial charge in [-0.25, -0.2) is 0 Å². The summed E-state index contributed by atoms with van der Waals surface area (Å²) in [6, 6.07) is 15.3. The van der Waals surface area contributed by atoms with Gasteiger partial charge in [0.25, 0.3) is 0 Å². The summed E-state index contributed by atoms with van der Waals surface area (Å²) in [5.41, 5.74) is 2.63. The van der Waals surface area contributed by atoms with E-state index in [4.69, 9.17) is 13.9 Å². The van der Waals surface area contributed by atoms with Gasteiger partial charge in [0.15, 0.2) is 0 Å². The molecule has 0 saturated carbocycles. The van der Waals surface area contributed by atoms with E-state index in [0.717, 1.165) is 33.2 Å². The number of furan rings is 1. The molecule has 0 aliphatic rings. The highest BCUT2D eigenvalue weighted by molar-refractivity contribution is 5.88. The number of aromatic nitrogens is 1. The lowest BCUT2D eigenvalue weighted by atomic mass is 10.1. The van der Waals surface area contributed by atoms with Crippen LogP contribution in [0.1, 0.15) is 11.3 Å². The van der Waals surface area contributed by atoms with Gasteiger partial charge in [-0.3, -0.25) is 4.79 Å². The molecule has 0 bridgehead atoms. The number of rotatable bonds is 5. The molecule has 126 valence electrons. The number of hydrogen-bond donors (Lipinski definition) is 1. The normalized spacial score (nSPS) is 11.1. The zero-order chi connectivity index (χ0) is 17.2. The Balaban J connectivity index is 1.45. The summed E-state index contributed by atoms with van der Waals surface area (Å²) in [4.78, 5) is 15.3. The Hall–Kier alpha value is -3.21. The average Bonchev–Trinajstić information content (AvgIpc) is 3.23. The van der Waals surface area contributed by atoms with Gasteiger partial charge in [0.2, 0.25) is 0 Å². The van der Waals surface area contributed by atoms with E-state index in [0.29, 0.717) is 5.76 Å². The van der Waals surface area contributed by atoms with E-state index in [1.165, 1.54) is 0 Å². The topological polar surface area (TPSA) is 64.5 Å². The fraction of sp³-hybridized carbons (Fsp3) is 0.150. The predicted octanol–water partition coefficient (Wildman–Crippen LogP) is 4.21. The van der Waals surface area contributed by atoms with Crippen LogP contribution in [0.15, 0.2) is 59.1 Å². The van der Waals surface area contributed by atoms with Crippen molar-refractivity contribution >= 4 is 27.8 Å². The number of esters is 1. The van der Waals surface area contributed by atoms with E-state index < -0.39 is 0 Å². The Morgan fingerprint density at radius 1 is 1.16 bits per heavy atom. The van der Waals surface area contributed by atoms with Crippen molar-refractivity contribution in [2.45, 2.75) is 13.0 Å². The number of methoxy groups -OCH3 is 1. The third-order valence-corrected chi connectivity index (χ3v) is 4.16. The molecule has 2 aromatic heterocycles. The van der Waals surface area contributed by atoms with Gasteiger partial charge in [-0.15, -0.1) is 0 Å². The van der Waals surface area contributed by atoms with Crippen LogP contribution in [0.5, 0.6) is 5.75 Å². The number of para-hydroxylation sites is 1. The first-order chi connectivity index (χ1) is 12.2. The molecule has 2 aromatic carbocycles. The Labute approximate surface area is 144 Å². The minimum Gasteiger partial charge on any atom is -0.497 e. The summed E-state index contributed by atoms with van der Waals surface area (Å²) in [5.74, 6) is 1.09. The smallest absolute Gasteiger partial charge is 0.310 e. The number of ether oxygens (including phenoxy) is 2. The third kappa shape index (κ3) is 3.08. The number of fused-ring (bicyclic) bond motifs is 2. The third-order valence-electron chi connectivity index (χ3n) is 4.16. The maximum Gasteiger partial charge on any atom is 0.310 e. The molecule has 0 amide bonds. The predicted molar refractivity (Wildman–Crippen MR) is 94.6 cm³/mol. The van der Waals surface area contributed by atoms with Gasteiger partial charge in [0.1, 0.15) is 23.7 Å². The van der Waals surface area contributed by atoms with Gasteiger partial charge in [0, 0.05) is 22.5 Å². The first-order valence-corrected chi connectivity index (χ1v) is 8.00. The van der Waals surface area contributed by atoms with Crippen LogP contribution in [0.25, 0.3) is 21.9 Å². The van der Waals surface area contributed by atoms with Crippen LogP contribution in [0, 0.1) is 0 Å². The quantitative estimate of drug-likeness (QED) is 0.555. The molecule has 0 saturated heterocycles. The Morgan fingerprint density at radius 2 is 2.04 bits per heavy atom. The lowest BCUT2D eigenvalue weighted by Gasteiger charge is -2.03. The van der Waals surface area contributed by atoms with E-state index >= 15 is 0 Å². The van der Waals surface area contributed by atoms with Crippen molar-refractivity contribution in [3.8, 4) is 5.75 Å². The van der Waals surface area contributed by atoms with Crippen molar-refractivity contribution in [3.63, 3.8) is 0 Å². The number of nitrogens with one attached hydrogen (secondary N) is 1. The monoisotopic (exact) mass is 335 g/mol. The summed E-state index contributed by atoms with van der Waals surface area (Å²) in [5, 5.41) is 1.96. The zero-order valence-electron chi connectivity index (χ0n) is 13.7. The molecule has 25 heavy (non-hydrogen) atoms. The minimum atomic E-state index is -0.302. The van der Waals surface area contributed by atoms with E-state index in [1.807, 2.05) is 54.7 Å². The maximum absolute atomic E-state index is 12.2. The molecule has 0 atom stereocenters. The lowest BCUT2D eigenvalue weighted by molar-refractivity contribution is -0.144. The van der Waals surface area contributed by atoms with Crippen molar-refractivity contribution < 1.29 is 18.7 Å². The maximum atomic E-state index is 12.2. The number of H-pyrrole nitrogens is 1. The first kappa shape index (κ1) is 15.3. The Bertz CT molecular complexity index is 1010. The molecule has 0 aliphatic heterocycles. The second-order valence-corrected chi connectivity index (χ2v) is 5.81. The fourth-order valence-corrected chi connectivity index (χ4v) is 2.90. The highest BCUT2D eigenvalue weighted by Crippen LogP contribution is 2.24. The van der Waals surface area contributed by atoms with Crippen molar-refractivity contribution in [2.75, 3.05) is 7.11 Å². The van der Waals surface area contributed by atoms with Gasteiger partial charge >= 0.3 is 5.97 Å². The Kier molecular flexibility index (Phi) is 3.90. The summed E-state index contributed by atoms with van der Waals surface area (Å²) < 4.78 is 16.3. The van der Waals surface area contributed by atoms with E-state index in [9.17, 15) is 4.79 Å². The molecule has 4 rings (SSSR count). The molecule has 2 heterocycles. The van der Waals surface area contributed by atoms with Crippen LogP contribution in [0.2, 0.25) is 0 Å². The molecule has 4 aromatic rings. The molecule has 5 heteroatoms. The SMILES string of the molecule is COc1ccc2[nH]cc(CC(=O)OCc3cc4ccccc4o3)c2c1. The lowest BCUT2D eigenvalue weighted by Crippen LogP contribution is -2.07. The van der Waals surface area contributed by atoms with Gasteiger partial charge in [-0.2, -0.15) is 0 Å². The average molecular weight is 335 g/mol. The molecule has 0 fully saturated rings. The van der Waals surface area contributed by atoms with Crippen molar-refractivity contribution in [1.29, 1.82) is 0 Å². The van der Waals surface area contributed by atoms with E-state index in [-0.39, 0.29) is 19.0 Å². The number of carbonyl (C=O) groups is 1. The van der Waals surface area contributed by atoms with Crippen LogP contribution in [0.4, 0.5) is 0 Å². The molecule has 1 N–H and O–H groups in total. The van der Waals surface area contributed by atoms with Gasteiger partial charge in [-0.1, -0.05) is 18.2 Å². The van der Waals surface area contributed by atoms with Gasteiger partial charge in [-0.05, 0) is 35.9 Å². The molecule has 0 aliphatic carbocycles. The van der Waals surface area contributed by atoms with Crippen LogP contribution in [-0.2, 0) is 22.6 Å². The van der Waals surface area contributed by atoms with Crippen LogP contribution >= 0.6 is 0 Å². The highest BCUT2D eigenvalue weighted by Gasteiger charge is 2.12. The second kappa shape index (κ2) is 6.36. The summed E-state index contributed by atoms with van der Waals surface area (Å²) in [6.45, 7) is 0.124. The zero-order valence-corrected chi connectivity index (χ0v) is 13.7. The standard InChI is InChI=1S/C20H17NO4/c1-23-15-6-7-18-17(10-15)14(11-21-18)9-20(22)24-12-16-8-13-4-2-3-5-19(13)25-16/h2-8,10-11,21H,9,12H2,1H3.